The highest BCUT2D eigenvalue weighted by Crippen LogP contribution is 2.18. The lowest BCUT2D eigenvalue weighted by Crippen LogP contribution is -2.31. The van der Waals surface area contributed by atoms with E-state index >= 15 is 0 Å². The zero-order valence-corrected chi connectivity index (χ0v) is 11.1. The lowest BCUT2D eigenvalue weighted by molar-refractivity contribution is -0.119. The number of ether oxygens (including phenoxy) is 1. The number of nitrogens with one attached hydrogen (secondary N) is 2. The van der Waals surface area contributed by atoms with Gasteiger partial charge < -0.3 is 15.4 Å². The number of amides is 1. The van der Waals surface area contributed by atoms with Crippen molar-refractivity contribution in [2.45, 2.75) is 13.3 Å². The Hall–Kier alpha value is -1.69. The van der Waals surface area contributed by atoms with Gasteiger partial charge in [0.15, 0.2) is 0 Å². The van der Waals surface area contributed by atoms with Crippen molar-refractivity contribution in [1.82, 2.24) is 5.32 Å². The Morgan fingerprint density at radius 1 is 1.32 bits per heavy atom. The fourth-order valence-corrected chi connectivity index (χ4v) is 1.46. The van der Waals surface area contributed by atoms with E-state index in [4.69, 9.17) is 4.74 Å². The first-order valence-electron chi connectivity index (χ1n) is 5.99. The minimum atomic E-state index is -0.578. The average molecular weight is 272 g/mol. The van der Waals surface area contributed by atoms with Crippen LogP contribution < -0.4 is 10.6 Å². The molecular formula is C13H18F2N2O2. The molecule has 0 bridgehead atoms. The molecule has 0 heterocycles. The SMILES string of the molecule is COCCCNC(=O)CNc1cc(F)c(C)cc1F. The summed E-state index contributed by atoms with van der Waals surface area (Å²) in [6.07, 6.45) is 0.704. The molecule has 0 unspecified atom stereocenters. The largest absolute Gasteiger partial charge is 0.385 e. The summed E-state index contributed by atoms with van der Waals surface area (Å²) in [5.74, 6) is -1.37. The third-order valence-corrected chi connectivity index (χ3v) is 2.54. The minimum absolute atomic E-state index is 0.0184. The van der Waals surface area contributed by atoms with E-state index in [1.165, 1.54) is 6.92 Å². The Morgan fingerprint density at radius 2 is 2.05 bits per heavy atom. The molecule has 1 aromatic carbocycles. The van der Waals surface area contributed by atoms with Gasteiger partial charge in [-0.15, -0.1) is 0 Å². The van der Waals surface area contributed by atoms with E-state index in [2.05, 4.69) is 10.6 Å². The Kier molecular flexibility index (Phi) is 6.21. The fraction of sp³-hybridized carbons (Fsp3) is 0.462. The van der Waals surface area contributed by atoms with E-state index in [1.807, 2.05) is 0 Å². The molecule has 0 radical (unpaired) electrons. The lowest BCUT2D eigenvalue weighted by Gasteiger charge is -2.09. The molecule has 0 aliphatic heterocycles. The van der Waals surface area contributed by atoms with Crippen LogP contribution in [0.1, 0.15) is 12.0 Å². The number of rotatable bonds is 7. The van der Waals surface area contributed by atoms with Crippen molar-refractivity contribution < 1.29 is 18.3 Å². The number of hydrogen-bond donors (Lipinski definition) is 2. The third kappa shape index (κ3) is 5.21. The number of methoxy groups -OCH3 is 1. The maximum Gasteiger partial charge on any atom is 0.239 e. The van der Waals surface area contributed by atoms with Gasteiger partial charge in [-0.3, -0.25) is 4.79 Å². The molecule has 6 heteroatoms. The molecule has 0 fully saturated rings. The second kappa shape index (κ2) is 7.68. The van der Waals surface area contributed by atoms with Crippen LogP contribution in [0.3, 0.4) is 0 Å². The van der Waals surface area contributed by atoms with Gasteiger partial charge in [0.2, 0.25) is 5.91 Å². The van der Waals surface area contributed by atoms with Gasteiger partial charge in [-0.2, -0.15) is 0 Å². The van der Waals surface area contributed by atoms with Crippen molar-refractivity contribution in [2.75, 3.05) is 32.1 Å². The summed E-state index contributed by atoms with van der Waals surface area (Å²) in [6.45, 7) is 2.42. The van der Waals surface area contributed by atoms with E-state index in [-0.39, 0.29) is 23.7 Å². The topological polar surface area (TPSA) is 50.4 Å². The van der Waals surface area contributed by atoms with Crippen LogP contribution in [-0.4, -0.2) is 32.7 Å². The number of carbonyl (C=O) groups excluding carboxylic acids is 1. The maximum absolute atomic E-state index is 13.5. The fourth-order valence-electron chi connectivity index (χ4n) is 1.46. The number of halogens is 2. The highest BCUT2D eigenvalue weighted by molar-refractivity contribution is 5.80. The number of benzene rings is 1. The normalized spacial score (nSPS) is 10.3. The van der Waals surface area contributed by atoms with Crippen LogP contribution >= 0.6 is 0 Å². The van der Waals surface area contributed by atoms with Crippen molar-refractivity contribution in [3.05, 3.63) is 29.3 Å². The monoisotopic (exact) mass is 272 g/mol. The predicted molar refractivity (Wildman–Crippen MR) is 69.1 cm³/mol. The molecule has 0 atom stereocenters. The lowest BCUT2D eigenvalue weighted by atomic mass is 10.2. The smallest absolute Gasteiger partial charge is 0.239 e. The van der Waals surface area contributed by atoms with Gasteiger partial charge in [0.25, 0.3) is 0 Å². The Morgan fingerprint density at radius 3 is 2.74 bits per heavy atom. The summed E-state index contributed by atoms with van der Waals surface area (Å²) >= 11 is 0. The summed E-state index contributed by atoms with van der Waals surface area (Å²) in [5, 5.41) is 5.20. The highest BCUT2D eigenvalue weighted by Gasteiger charge is 2.08. The standard InChI is InChI=1S/C13H18F2N2O2/c1-9-6-11(15)12(7-10(9)14)17-8-13(18)16-4-3-5-19-2/h6-7,17H,3-5,8H2,1-2H3,(H,16,18). The Bertz CT molecular complexity index is 439. The second-order valence-electron chi connectivity index (χ2n) is 4.13. The summed E-state index contributed by atoms with van der Waals surface area (Å²) in [4.78, 5) is 11.4. The number of anilines is 1. The molecule has 19 heavy (non-hydrogen) atoms. The molecular weight excluding hydrogens is 254 g/mol. The maximum atomic E-state index is 13.5. The number of carbonyl (C=O) groups is 1. The van der Waals surface area contributed by atoms with Crippen LogP contribution in [0, 0.1) is 18.6 Å². The zero-order valence-electron chi connectivity index (χ0n) is 11.1. The van der Waals surface area contributed by atoms with Crippen molar-refractivity contribution in [3.63, 3.8) is 0 Å². The van der Waals surface area contributed by atoms with Gasteiger partial charge in [-0.25, -0.2) is 8.78 Å². The molecule has 0 spiro atoms. The van der Waals surface area contributed by atoms with Crippen LogP contribution in [0.15, 0.2) is 12.1 Å². The molecule has 106 valence electrons. The molecule has 1 aromatic rings. The van der Waals surface area contributed by atoms with Crippen molar-refractivity contribution in [3.8, 4) is 0 Å². The Labute approximate surface area is 111 Å². The predicted octanol–water partition coefficient (Wildman–Crippen LogP) is 1.84. The summed E-state index contributed by atoms with van der Waals surface area (Å²) in [7, 11) is 1.58. The van der Waals surface area contributed by atoms with Crippen LogP contribution in [0.25, 0.3) is 0 Å². The molecule has 0 aliphatic carbocycles. The minimum Gasteiger partial charge on any atom is -0.385 e. The van der Waals surface area contributed by atoms with Crippen LogP contribution in [0.4, 0.5) is 14.5 Å². The highest BCUT2D eigenvalue weighted by atomic mass is 19.1. The summed E-state index contributed by atoms with van der Waals surface area (Å²) in [6, 6.07) is 2.14. The molecule has 0 aliphatic rings. The van der Waals surface area contributed by atoms with Gasteiger partial charge in [0.1, 0.15) is 11.6 Å². The van der Waals surface area contributed by atoms with Gasteiger partial charge >= 0.3 is 0 Å². The van der Waals surface area contributed by atoms with E-state index in [0.717, 1.165) is 12.1 Å². The van der Waals surface area contributed by atoms with E-state index < -0.39 is 11.6 Å². The van der Waals surface area contributed by atoms with Gasteiger partial charge in [-0.05, 0) is 25.0 Å². The van der Waals surface area contributed by atoms with Crippen molar-refractivity contribution in [1.29, 1.82) is 0 Å². The summed E-state index contributed by atoms with van der Waals surface area (Å²) < 4.78 is 31.5. The Balaban J connectivity index is 2.40. The number of aryl methyl sites for hydroxylation is 1. The molecule has 0 aromatic heterocycles. The van der Waals surface area contributed by atoms with Crippen LogP contribution in [0.2, 0.25) is 0 Å². The second-order valence-corrected chi connectivity index (χ2v) is 4.13. The molecule has 1 rings (SSSR count). The van der Waals surface area contributed by atoms with E-state index in [1.54, 1.807) is 7.11 Å². The summed E-state index contributed by atoms with van der Waals surface area (Å²) in [5.41, 5.74) is 0.210. The van der Waals surface area contributed by atoms with Gasteiger partial charge in [0, 0.05) is 26.3 Å². The van der Waals surface area contributed by atoms with Gasteiger partial charge in [0.05, 0.1) is 12.2 Å². The van der Waals surface area contributed by atoms with Crippen molar-refractivity contribution >= 4 is 11.6 Å². The first-order chi connectivity index (χ1) is 9.04. The van der Waals surface area contributed by atoms with E-state index in [9.17, 15) is 13.6 Å². The quantitative estimate of drug-likeness (QED) is 0.745. The molecule has 2 N–H and O–H groups in total. The molecule has 4 nitrogen and oxygen atoms in total. The average Bonchev–Trinajstić information content (AvgIpc) is 2.37. The van der Waals surface area contributed by atoms with E-state index in [0.29, 0.717) is 19.6 Å². The molecule has 0 saturated heterocycles. The zero-order chi connectivity index (χ0) is 14.3. The molecule has 1 amide bonds. The molecule has 0 saturated carbocycles. The van der Waals surface area contributed by atoms with Gasteiger partial charge in [-0.1, -0.05) is 0 Å². The number of hydrogen-bond acceptors (Lipinski definition) is 3. The first-order valence-corrected chi connectivity index (χ1v) is 5.99. The first kappa shape index (κ1) is 15.4. The van der Waals surface area contributed by atoms with Crippen molar-refractivity contribution in [2.24, 2.45) is 0 Å². The van der Waals surface area contributed by atoms with Crippen LogP contribution in [-0.2, 0) is 9.53 Å². The third-order valence-electron chi connectivity index (χ3n) is 2.54. The van der Waals surface area contributed by atoms with Crippen LogP contribution in [0.5, 0.6) is 0 Å².